The number of hydrogen-bond acceptors (Lipinski definition) is 3. The molecule has 1 saturated heterocycles. The van der Waals surface area contributed by atoms with Crippen molar-refractivity contribution in [2.45, 2.75) is 90.8 Å². The van der Waals surface area contributed by atoms with Crippen LogP contribution in [0.5, 0.6) is 5.75 Å². The van der Waals surface area contributed by atoms with Gasteiger partial charge in [0.25, 0.3) is 0 Å². The molecule has 228 valence electrons. The first kappa shape index (κ1) is 32.1. The molecule has 0 bridgehead atoms. The maximum atomic E-state index is 15.1. The highest BCUT2D eigenvalue weighted by atomic mass is 19.2. The Morgan fingerprint density at radius 3 is 1.98 bits per heavy atom. The minimum Gasteiger partial charge on any atom is -0.490 e. The molecule has 1 aliphatic heterocycles. The zero-order valence-corrected chi connectivity index (χ0v) is 25.1. The van der Waals surface area contributed by atoms with Crippen molar-refractivity contribution in [2.24, 2.45) is 5.92 Å². The van der Waals surface area contributed by atoms with Crippen LogP contribution in [0.4, 0.5) is 13.2 Å². The van der Waals surface area contributed by atoms with E-state index in [-0.39, 0.29) is 11.3 Å². The summed E-state index contributed by atoms with van der Waals surface area (Å²) >= 11 is 0. The highest BCUT2D eigenvalue weighted by Crippen LogP contribution is 2.34. The molecule has 3 aromatic rings. The Labute approximate surface area is 249 Å². The SMILES string of the molecule is CCCCCCCCCOc1ccc(-c2ccc(-c3ccc(C4OCC(CCCCC)CO4)c(F)c3)cc2)c(F)c1F. The molecular weight excluding hydrogens is 537 g/mol. The molecule has 0 unspecified atom stereocenters. The predicted octanol–water partition coefficient (Wildman–Crippen LogP) is 10.8. The van der Waals surface area contributed by atoms with Gasteiger partial charge in [0.2, 0.25) is 5.82 Å². The van der Waals surface area contributed by atoms with Crippen LogP contribution in [0.15, 0.2) is 54.6 Å². The average molecular weight is 583 g/mol. The fraction of sp³-hybridized carbons (Fsp3) is 0.500. The van der Waals surface area contributed by atoms with Gasteiger partial charge in [0.1, 0.15) is 5.82 Å². The first-order chi connectivity index (χ1) is 20.5. The molecule has 1 heterocycles. The lowest BCUT2D eigenvalue weighted by molar-refractivity contribution is -0.207. The summed E-state index contributed by atoms with van der Waals surface area (Å²) in [6.45, 7) is 5.88. The Kier molecular flexibility index (Phi) is 12.8. The summed E-state index contributed by atoms with van der Waals surface area (Å²) in [5.41, 5.74) is 2.51. The second-order valence-corrected chi connectivity index (χ2v) is 11.4. The maximum Gasteiger partial charge on any atom is 0.201 e. The van der Waals surface area contributed by atoms with Gasteiger partial charge in [-0.3, -0.25) is 0 Å². The fourth-order valence-electron chi connectivity index (χ4n) is 5.42. The van der Waals surface area contributed by atoms with Crippen molar-refractivity contribution in [2.75, 3.05) is 19.8 Å². The van der Waals surface area contributed by atoms with Crippen LogP contribution in [0.25, 0.3) is 22.3 Å². The van der Waals surface area contributed by atoms with Crippen LogP contribution in [0.2, 0.25) is 0 Å². The van der Waals surface area contributed by atoms with E-state index in [1.54, 1.807) is 36.4 Å². The lowest BCUT2D eigenvalue weighted by Gasteiger charge is -2.30. The lowest BCUT2D eigenvalue weighted by atomic mass is 9.98. The van der Waals surface area contributed by atoms with Gasteiger partial charge >= 0.3 is 0 Å². The van der Waals surface area contributed by atoms with E-state index in [9.17, 15) is 8.78 Å². The Bertz CT molecular complexity index is 1240. The number of hydrogen-bond donors (Lipinski definition) is 0. The fourth-order valence-corrected chi connectivity index (χ4v) is 5.42. The van der Waals surface area contributed by atoms with Gasteiger partial charge in [0.05, 0.1) is 19.8 Å². The predicted molar refractivity (Wildman–Crippen MR) is 163 cm³/mol. The van der Waals surface area contributed by atoms with Crippen molar-refractivity contribution >= 4 is 0 Å². The molecule has 0 amide bonds. The Morgan fingerprint density at radius 2 is 1.29 bits per heavy atom. The van der Waals surface area contributed by atoms with Crippen molar-refractivity contribution in [1.82, 2.24) is 0 Å². The van der Waals surface area contributed by atoms with Crippen molar-refractivity contribution in [3.05, 3.63) is 77.6 Å². The molecule has 0 aliphatic carbocycles. The molecule has 0 N–H and O–H groups in total. The Morgan fingerprint density at radius 1 is 0.667 bits per heavy atom. The summed E-state index contributed by atoms with van der Waals surface area (Å²) in [7, 11) is 0. The normalized spacial score (nSPS) is 17.0. The van der Waals surface area contributed by atoms with Crippen LogP contribution in [0.3, 0.4) is 0 Å². The quantitative estimate of drug-likeness (QED) is 0.157. The van der Waals surface area contributed by atoms with E-state index in [0.29, 0.717) is 42.4 Å². The van der Waals surface area contributed by atoms with Gasteiger partial charge in [0.15, 0.2) is 17.9 Å². The number of rotatable bonds is 16. The molecule has 1 aliphatic rings. The van der Waals surface area contributed by atoms with E-state index >= 15 is 4.39 Å². The highest BCUT2D eigenvalue weighted by molar-refractivity contribution is 5.71. The van der Waals surface area contributed by atoms with Crippen LogP contribution in [-0.2, 0) is 9.47 Å². The Balaban J connectivity index is 1.32. The molecule has 3 nitrogen and oxygen atoms in total. The minimum atomic E-state index is -0.975. The van der Waals surface area contributed by atoms with Crippen LogP contribution < -0.4 is 4.74 Å². The van der Waals surface area contributed by atoms with Gasteiger partial charge in [-0.1, -0.05) is 108 Å². The molecule has 3 aromatic carbocycles. The molecule has 0 aromatic heterocycles. The van der Waals surface area contributed by atoms with Crippen molar-refractivity contribution < 1.29 is 27.4 Å². The summed E-state index contributed by atoms with van der Waals surface area (Å²) in [4.78, 5) is 0. The largest absolute Gasteiger partial charge is 0.490 e. The zero-order chi connectivity index (χ0) is 29.7. The summed E-state index contributed by atoms with van der Waals surface area (Å²) in [6.07, 6.45) is 11.8. The van der Waals surface area contributed by atoms with Gasteiger partial charge in [-0.05, 0) is 47.7 Å². The number of halogens is 3. The average Bonchev–Trinajstić information content (AvgIpc) is 3.01. The Hall–Kier alpha value is -2.83. The monoisotopic (exact) mass is 582 g/mol. The highest BCUT2D eigenvalue weighted by Gasteiger charge is 2.25. The lowest BCUT2D eigenvalue weighted by Crippen LogP contribution is -2.27. The smallest absolute Gasteiger partial charge is 0.201 e. The van der Waals surface area contributed by atoms with Crippen molar-refractivity contribution in [3.8, 4) is 28.0 Å². The third-order valence-electron chi connectivity index (χ3n) is 8.02. The van der Waals surface area contributed by atoms with Crippen molar-refractivity contribution in [3.63, 3.8) is 0 Å². The standard InChI is InChI=1S/C36H45F3O3/c1-3-5-7-8-9-10-12-22-40-33-21-20-30(34(38)35(33)39)28-16-14-27(15-17-28)29-18-19-31(32(37)23-29)36-41-24-26(25-42-36)13-11-6-4-2/h14-21,23,26,36H,3-13,22,24-25H2,1-2H3. The molecule has 6 heteroatoms. The van der Waals surface area contributed by atoms with E-state index in [0.717, 1.165) is 37.7 Å². The van der Waals surface area contributed by atoms with Gasteiger partial charge in [-0.15, -0.1) is 0 Å². The molecule has 4 rings (SSSR count). The number of unbranched alkanes of at least 4 members (excludes halogenated alkanes) is 8. The van der Waals surface area contributed by atoms with E-state index in [1.165, 1.54) is 50.7 Å². The van der Waals surface area contributed by atoms with E-state index < -0.39 is 23.7 Å². The summed E-state index contributed by atoms with van der Waals surface area (Å²) in [5.74, 6) is -2.02. The molecule has 0 spiro atoms. The molecule has 0 saturated carbocycles. The van der Waals surface area contributed by atoms with Crippen LogP contribution in [0.1, 0.15) is 96.3 Å². The summed E-state index contributed by atoms with van der Waals surface area (Å²) < 4.78 is 62.0. The molecule has 1 fully saturated rings. The summed E-state index contributed by atoms with van der Waals surface area (Å²) in [5, 5.41) is 0. The number of ether oxygens (including phenoxy) is 3. The minimum absolute atomic E-state index is 0.0626. The first-order valence-electron chi connectivity index (χ1n) is 15.8. The second-order valence-electron chi connectivity index (χ2n) is 11.4. The maximum absolute atomic E-state index is 15.1. The topological polar surface area (TPSA) is 27.7 Å². The van der Waals surface area contributed by atoms with E-state index in [1.807, 2.05) is 6.07 Å². The molecule has 0 radical (unpaired) electrons. The van der Waals surface area contributed by atoms with E-state index in [4.69, 9.17) is 14.2 Å². The number of benzene rings is 3. The van der Waals surface area contributed by atoms with Gasteiger partial charge in [-0.2, -0.15) is 4.39 Å². The van der Waals surface area contributed by atoms with Crippen molar-refractivity contribution in [1.29, 1.82) is 0 Å². The molecule has 42 heavy (non-hydrogen) atoms. The third kappa shape index (κ3) is 8.84. The van der Waals surface area contributed by atoms with Gasteiger partial charge < -0.3 is 14.2 Å². The van der Waals surface area contributed by atoms with Crippen LogP contribution >= 0.6 is 0 Å². The van der Waals surface area contributed by atoms with Crippen LogP contribution in [-0.4, -0.2) is 19.8 Å². The zero-order valence-electron chi connectivity index (χ0n) is 25.1. The van der Waals surface area contributed by atoms with Gasteiger partial charge in [0, 0.05) is 17.0 Å². The molecular formula is C36H45F3O3. The second kappa shape index (κ2) is 16.7. The van der Waals surface area contributed by atoms with E-state index in [2.05, 4.69) is 13.8 Å². The van der Waals surface area contributed by atoms with Gasteiger partial charge in [-0.25, -0.2) is 8.78 Å². The third-order valence-corrected chi connectivity index (χ3v) is 8.02. The summed E-state index contributed by atoms with van der Waals surface area (Å²) in [6, 6.07) is 15.0. The first-order valence-corrected chi connectivity index (χ1v) is 15.8. The van der Waals surface area contributed by atoms with Crippen LogP contribution in [0, 0.1) is 23.4 Å². The molecule has 0 atom stereocenters.